The van der Waals surface area contributed by atoms with Crippen LogP contribution in [-0.2, 0) is 17.8 Å². The van der Waals surface area contributed by atoms with Crippen molar-refractivity contribution in [1.82, 2.24) is 15.3 Å². The quantitative estimate of drug-likeness (QED) is 0.792. The van der Waals surface area contributed by atoms with E-state index in [4.69, 9.17) is 11.6 Å². The number of aryl methyl sites for hydroxylation is 1. The van der Waals surface area contributed by atoms with E-state index in [9.17, 15) is 4.79 Å². The van der Waals surface area contributed by atoms with Gasteiger partial charge < -0.3 is 10.3 Å². The first kappa shape index (κ1) is 13.1. The summed E-state index contributed by atoms with van der Waals surface area (Å²) in [5.41, 5.74) is 3.61. The van der Waals surface area contributed by atoms with Gasteiger partial charge in [-0.15, -0.1) is 0 Å². The zero-order valence-corrected chi connectivity index (χ0v) is 11.8. The number of halogens is 1. The average Bonchev–Trinajstić information content (AvgIpc) is 2.90. The van der Waals surface area contributed by atoms with Crippen LogP contribution in [0.1, 0.15) is 17.0 Å². The van der Waals surface area contributed by atoms with Gasteiger partial charge in [-0.25, -0.2) is 4.98 Å². The topological polar surface area (TPSA) is 69.8 Å². The van der Waals surface area contributed by atoms with Crippen molar-refractivity contribution in [2.24, 2.45) is 0 Å². The number of imidazole rings is 1. The van der Waals surface area contributed by atoms with Gasteiger partial charge in [-0.05, 0) is 18.6 Å². The summed E-state index contributed by atoms with van der Waals surface area (Å²) in [5, 5.41) is 6.64. The fraction of sp³-hybridized carbons (Fsp3) is 0.286. The van der Waals surface area contributed by atoms with E-state index in [0.717, 1.165) is 17.0 Å². The van der Waals surface area contributed by atoms with Crippen LogP contribution in [-0.4, -0.2) is 21.9 Å². The summed E-state index contributed by atoms with van der Waals surface area (Å²) in [5.74, 6) is -0.0881. The van der Waals surface area contributed by atoms with Gasteiger partial charge in [0.05, 0.1) is 34.5 Å². The van der Waals surface area contributed by atoms with Crippen LogP contribution in [0.5, 0.6) is 0 Å². The van der Waals surface area contributed by atoms with Crippen molar-refractivity contribution in [3.8, 4) is 0 Å². The lowest BCUT2D eigenvalue weighted by Gasteiger charge is -2.23. The Morgan fingerprint density at radius 2 is 2.35 bits per heavy atom. The molecule has 1 atom stereocenters. The molecule has 3 rings (SSSR count). The Kier molecular flexibility index (Phi) is 3.46. The summed E-state index contributed by atoms with van der Waals surface area (Å²) in [6, 6.07) is 5.26. The third-order valence-electron chi connectivity index (χ3n) is 3.52. The van der Waals surface area contributed by atoms with Crippen LogP contribution in [0, 0.1) is 6.92 Å². The maximum Gasteiger partial charge on any atom is 0.241 e. The maximum atomic E-state index is 12.3. The first-order chi connectivity index (χ1) is 9.65. The SMILES string of the molecule is Cc1cccc(Cl)c1NC(=O)C1Cc2nc[nH]c2CN1. The van der Waals surface area contributed by atoms with E-state index in [2.05, 4.69) is 20.6 Å². The molecule has 2 aromatic rings. The number of H-pyrrole nitrogens is 1. The molecular weight excluding hydrogens is 276 g/mol. The van der Waals surface area contributed by atoms with Crippen molar-refractivity contribution in [3.63, 3.8) is 0 Å². The lowest BCUT2D eigenvalue weighted by molar-refractivity contribution is -0.118. The molecule has 1 amide bonds. The molecule has 2 heterocycles. The predicted octanol–water partition coefficient (Wildman–Crippen LogP) is 2.02. The van der Waals surface area contributed by atoms with Crippen molar-refractivity contribution in [2.75, 3.05) is 5.32 Å². The molecule has 1 aromatic heterocycles. The van der Waals surface area contributed by atoms with E-state index in [0.29, 0.717) is 23.7 Å². The van der Waals surface area contributed by atoms with E-state index in [-0.39, 0.29) is 11.9 Å². The number of nitrogens with zero attached hydrogens (tertiary/aromatic N) is 1. The number of rotatable bonds is 2. The molecule has 0 radical (unpaired) electrons. The highest BCUT2D eigenvalue weighted by Crippen LogP contribution is 2.25. The predicted molar refractivity (Wildman–Crippen MR) is 77.7 cm³/mol. The number of hydrogen-bond donors (Lipinski definition) is 3. The Bertz CT molecular complexity index is 632. The van der Waals surface area contributed by atoms with Crippen LogP contribution >= 0.6 is 11.6 Å². The lowest BCUT2D eigenvalue weighted by atomic mass is 10.0. The lowest BCUT2D eigenvalue weighted by Crippen LogP contribution is -2.44. The molecule has 0 fully saturated rings. The number of aromatic nitrogens is 2. The number of para-hydroxylation sites is 1. The normalized spacial score (nSPS) is 17.6. The van der Waals surface area contributed by atoms with E-state index in [1.165, 1.54) is 0 Å². The van der Waals surface area contributed by atoms with Gasteiger partial charge in [0.25, 0.3) is 0 Å². The molecule has 6 heteroatoms. The second-order valence-electron chi connectivity index (χ2n) is 4.89. The van der Waals surface area contributed by atoms with Crippen molar-refractivity contribution < 1.29 is 4.79 Å². The molecule has 0 aliphatic carbocycles. The number of carbonyl (C=O) groups is 1. The van der Waals surface area contributed by atoms with Crippen molar-refractivity contribution in [3.05, 3.63) is 46.5 Å². The van der Waals surface area contributed by atoms with Crippen LogP contribution in [0.15, 0.2) is 24.5 Å². The average molecular weight is 291 g/mol. The molecule has 1 aliphatic heterocycles. The molecule has 1 aromatic carbocycles. The third kappa shape index (κ3) is 2.42. The molecule has 5 nitrogen and oxygen atoms in total. The maximum absolute atomic E-state index is 12.3. The van der Waals surface area contributed by atoms with Gasteiger partial charge in [0.2, 0.25) is 5.91 Å². The van der Waals surface area contributed by atoms with Gasteiger partial charge in [-0.1, -0.05) is 23.7 Å². The molecule has 104 valence electrons. The van der Waals surface area contributed by atoms with Crippen LogP contribution < -0.4 is 10.6 Å². The molecular formula is C14H15ClN4O. The summed E-state index contributed by atoms with van der Waals surface area (Å²) in [6.45, 7) is 2.54. The van der Waals surface area contributed by atoms with E-state index in [1.54, 1.807) is 12.4 Å². The Morgan fingerprint density at radius 3 is 3.15 bits per heavy atom. The van der Waals surface area contributed by atoms with Crippen LogP contribution in [0.3, 0.4) is 0 Å². The first-order valence-corrected chi connectivity index (χ1v) is 6.83. The molecule has 3 N–H and O–H groups in total. The second kappa shape index (κ2) is 5.26. The van der Waals surface area contributed by atoms with E-state index in [1.807, 2.05) is 19.1 Å². The van der Waals surface area contributed by atoms with Crippen molar-refractivity contribution in [1.29, 1.82) is 0 Å². The molecule has 0 bridgehead atoms. The highest BCUT2D eigenvalue weighted by Gasteiger charge is 2.26. The smallest absolute Gasteiger partial charge is 0.241 e. The molecule has 0 spiro atoms. The van der Waals surface area contributed by atoms with Crippen LogP contribution in [0.2, 0.25) is 5.02 Å². The fourth-order valence-corrected chi connectivity index (χ4v) is 2.62. The number of nitrogens with one attached hydrogen (secondary N) is 3. The van der Waals surface area contributed by atoms with Gasteiger partial charge >= 0.3 is 0 Å². The zero-order valence-electron chi connectivity index (χ0n) is 11.0. The summed E-state index contributed by atoms with van der Waals surface area (Å²) in [4.78, 5) is 19.6. The highest BCUT2D eigenvalue weighted by atomic mass is 35.5. The fourth-order valence-electron chi connectivity index (χ4n) is 2.36. The Labute approximate surface area is 121 Å². The van der Waals surface area contributed by atoms with Gasteiger partial charge in [0.1, 0.15) is 0 Å². The largest absolute Gasteiger partial charge is 0.347 e. The number of hydrogen-bond acceptors (Lipinski definition) is 3. The number of benzene rings is 1. The summed E-state index contributed by atoms with van der Waals surface area (Å²) >= 11 is 6.12. The number of carbonyl (C=O) groups excluding carboxylic acids is 1. The molecule has 0 saturated heterocycles. The standard InChI is InChI=1S/C14H15ClN4O/c1-8-3-2-4-9(15)13(8)19-14(20)11-5-10-12(6-16-11)18-7-17-10/h2-4,7,11,16H,5-6H2,1H3,(H,17,18)(H,19,20). The monoisotopic (exact) mass is 290 g/mol. The summed E-state index contributed by atoms with van der Waals surface area (Å²) in [7, 11) is 0. The minimum absolute atomic E-state index is 0.0881. The minimum atomic E-state index is -0.290. The van der Waals surface area contributed by atoms with Gasteiger partial charge in [0.15, 0.2) is 0 Å². The summed E-state index contributed by atoms with van der Waals surface area (Å²) in [6.07, 6.45) is 2.24. The van der Waals surface area contributed by atoms with Gasteiger partial charge in [-0.3, -0.25) is 10.1 Å². The Balaban J connectivity index is 1.75. The Hall–Kier alpha value is -1.85. The number of fused-ring (bicyclic) bond motifs is 1. The summed E-state index contributed by atoms with van der Waals surface area (Å²) < 4.78 is 0. The van der Waals surface area contributed by atoms with Gasteiger partial charge in [-0.2, -0.15) is 0 Å². The number of anilines is 1. The van der Waals surface area contributed by atoms with Crippen LogP contribution in [0.25, 0.3) is 0 Å². The van der Waals surface area contributed by atoms with Gasteiger partial charge in [0, 0.05) is 13.0 Å². The minimum Gasteiger partial charge on any atom is -0.347 e. The molecule has 1 aliphatic rings. The Morgan fingerprint density at radius 1 is 1.50 bits per heavy atom. The second-order valence-corrected chi connectivity index (χ2v) is 5.29. The molecule has 20 heavy (non-hydrogen) atoms. The van der Waals surface area contributed by atoms with E-state index >= 15 is 0 Å². The number of amides is 1. The first-order valence-electron chi connectivity index (χ1n) is 6.45. The van der Waals surface area contributed by atoms with Crippen molar-refractivity contribution >= 4 is 23.2 Å². The molecule has 1 unspecified atom stereocenters. The van der Waals surface area contributed by atoms with Crippen molar-refractivity contribution in [2.45, 2.75) is 25.9 Å². The zero-order chi connectivity index (χ0) is 14.1. The van der Waals surface area contributed by atoms with Crippen LogP contribution in [0.4, 0.5) is 5.69 Å². The molecule has 0 saturated carbocycles. The third-order valence-corrected chi connectivity index (χ3v) is 3.83. The highest BCUT2D eigenvalue weighted by molar-refractivity contribution is 6.34. The van der Waals surface area contributed by atoms with E-state index < -0.39 is 0 Å². The number of aromatic amines is 1.